The van der Waals surface area contributed by atoms with E-state index in [1.165, 1.54) is 38.5 Å². The predicted octanol–water partition coefficient (Wildman–Crippen LogP) is 4.26. The van der Waals surface area contributed by atoms with Gasteiger partial charge in [-0.1, -0.05) is 38.8 Å². The lowest BCUT2D eigenvalue weighted by Gasteiger charge is -2.26. The molecule has 0 heterocycles. The van der Waals surface area contributed by atoms with Crippen LogP contribution in [0.5, 0.6) is 0 Å². The van der Waals surface area contributed by atoms with Gasteiger partial charge in [0.1, 0.15) is 6.10 Å². The van der Waals surface area contributed by atoms with Crippen LogP contribution < -0.4 is 0 Å². The molecular weight excluding hydrogens is 280 g/mol. The fourth-order valence-corrected chi connectivity index (χ4v) is 3.03. The summed E-state index contributed by atoms with van der Waals surface area (Å²) in [5, 5.41) is 7.60. The van der Waals surface area contributed by atoms with Gasteiger partial charge in [-0.3, -0.25) is 0 Å². The van der Waals surface area contributed by atoms with Crippen molar-refractivity contribution in [3.63, 3.8) is 0 Å². The summed E-state index contributed by atoms with van der Waals surface area (Å²) in [6, 6.07) is 0. The van der Waals surface area contributed by atoms with Gasteiger partial charge in [-0.2, -0.15) is 0 Å². The Hall–Kier alpha value is -1.58. The molecule has 0 amide bonds. The Labute approximate surface area is 133 Å². The molecular formula is C18H28O4. The lowest BCUT2D eigenvalue weighted by atomic mass is 9.84. The maximum atomic E-state index is 12.0. The molecule has 124 valence electrons. The molecule has 2 saturated carbocycles. The molecule has 0 atom stereocenters. The van der Waals surface area contributed by atoms with Crippen molar-refractivity contribution in [1.29, 1.82) is 0 Å². The molecule has 0 bridgehead atoms. The van der Waals surface area contributed by atoms with Crippen LogP contribution in [0, 0.1) is 5.92 Å². The number of carboxylic acids is 1. The first-order valence-electron chi connectivity index (χ1n) is 8.29. The van der Waals surface area contributed by atoms with E-state index in [0.717, 1.165) is 37.3 Å². The van der Waals surface area contributed by atoms with Crippen LogP contribution in [0.15, 0.2) is 24.8 Å². The molecule has 4 nitrogen and oxygen atoms in total. The standard InChI is InChI=1S/C15H24O2.C3H4O2/c1-12(13-8-4-2-5-9-13)15(16)17-14-10-6-3-7-11-14;1-2-3(4)5/h13-14H,1-11H2;2H,1H2,(H,4,5). The second kappa shape index (κ2) is 10.2. The van der Waals surface area contributed by atoms with E-state index in [-0.39, 0.29) is 12.1 Å². The number of esters is 1. The average molecular weight is 308 g/mol. The van der Waals surface area contributed by atoms with Gasteiger partial charge < -0.3 is 9.84 Å². The summed E-state index contributed by atoms with van der Waals surface area (Å²) in [5.74, 6) is -0.714. The fourth-order valence-electron chi connectivity index (χ4n) is 3.03. The number of carbonyl (C=O) groups excluding carboxylic acids is 1. The minimum absolute atomic E-state index is 0.121. The van der Waals surface area contributed by atoms with Crippen LogP contribution in [-0.2, 0) is 14.3 Å². The minimum Gasteiger partial charge on any atom is -0.478 e. The van der Waals surface area contributed by atoms with Crippen LogP contribution in [0.1, 0.15) is 64.2 Å². The Bertz CT molecular complexity index is 388. The van der Waals surface area contributed by atoms with Crippen molar-refractivity contribution in [3.8, 4) is 0 Å². The molecule has 0 saturated heterocycles. The van der Waals surface area contributed by atoms with Gasteiger partial charge in [-0.15, -0.1) is 0 Å². The molecule has 2 aliphatic rings. The monoisotopic (exact) mass is 308 g/mol. The summed E-state index contributed by atoms with van der Waals surface area (Å²) in [6.07, 6.45) is 12.8. The van der Waals surface area contributed by atoms with Crippen LogP contribution in [0.25, 0.3) is 0 Å². The number of carboxylic acid groups (broad SMARTS) is 1. The van der Waals surface area contributed by atoms with Crippen LogP contribution in [0.3, 0.4) is 0 Å². The van der Waals surface area contributed by atoms with Crippen LogP contribution in [-0.4, -0.2) is 23.1 Å². The minimum atomic E-state index is -0.981. The number of hydrogen-bond acceptors (Lipinski definition) is 3. The first-order valence-corrected chi connectivity index (χ1v) is 8.29. The zero-order valence-electron chi connectivity index (χ0n) is 13.4. The van der Waals surface area contributed by atoms with Crippen molar-refractivity contribution in [2.45, 2.75) is 70.3 Å². The SMILES string of the molecule is C=C(C(=O)OC1CCCCC1)C1CCCCC1.C=CC(=O)O. The van der Waals surface area contributed by atoms with E-state index in [2.05, 4.69) is 13.2 Å². The zero-order valence-corrected chi connectivity index (χ0v) is 13.4. The third-order valence-electron chi connectivity index (χ3n) is 4.36. The van der Waals surface area contributed by atoms with E-state index in [1.807, 2.05) is 0 Å². The molecule has 2 fully saturated rings. The lowest BCUT2D eigenvalue weighted by Crippen LogP contribution is -2.24. The maximum Gasteiger partial charge on any atom is 0.333 e. The highest BCUT2D eigenvalue weighted by Crippen LogP contribution is 2.30. The molecule has 22 heavy (non-hydrogen) atoms. The zero-order chi connectivity index (χ0) is 16.4. The van der Waals surface area contributed by atoms with Crippen molar-refractivity contribution in [2.24, 2.45) is 5.92 Å². The highest BCUT2D eigenvalue weighted by molar-refractivity contribution is 5.88. The Morgan fingerprint density at radius 1 is 0.955 bits per heavy atom. The van der Waals surface area contributed by atoms with Crippen molar-refractivity contribution in [3.05, 3.63) is 24.8 Å². The normalized spacial score (nSPS) is 19.5. The number of hydrogen-bond donors (Lipinski definition) is 1. The molecule has 0 aromatic rings. The van der Waals surface area contributed by atoms with E-state index in [0.29, 0.717) is 5.92 Å². The summed E-state index contributed by atoms with van der Waals surface area (Å²) >= 11 is 0. The van der Waals surface area contributed by atoms with Gasteiger partial charge in [0, 0.05) is 11.6 Å². The Morgan fingerprint density at radius 3 is 1.86 bits per heavy atom. The highest BCUT2D eigenvalue weighted by atomic mass is 16.5. The van der Waals surface area contributed by atoms with Gasteiger partial charge in [0.25, 0.3) is 0 Å². The Balaban J connectivity index is 0.000000422. The van der Waals surface area contributed by atoms with Gasteiger partial charge >= 0.3 is 11.9 Å². The van der Waals surface area contributed by atoms with E-state index < -0.39 is 5.97 Å². The van der Waals surface area contributed by atoms with Crippen molar-refractivity contribution in [1.82, 2.24) is 0 Å². The summed E-state index contributed by atoms with van der Waals surface area (Å²) in [5.41, 5.74) is 0.732. The predicted molar refractivity (Wildman–Crippen MR) is 86.5 cm³/mol. The van der Waals surface area contributed by atoms with Crippen molar-refractivity contribution in [2.75, 3.05) is 0 Å². The quantitative estimate of drug-likeness (QED) is 0.622. The molecule has 0 unspecified atom stereocenters. The van der Waals surface area contributed by atoms with Gasteiger partial charge in [-0.25, -0.2) is 9.59 Å². The highest BCUT2D eigenvalue weighted by Gasteiger charge is 2.25. The molecule has 4 heteroatoms. The Kier molecular flexibility index (Phi) is 8.56. The Morgan fingerprint density at radius 2 is 1.41 bits per heavy atom. The van der Waals surface area contributed by atoms with E-state index in [4.69, 9.17) is 9.84 Å². The smallest absolute Gasteiger partial charge is 0.333 e. The molecule has 2 aliphatic carbocycles. The maximum absolute atomic E-state index is 12.0. The third-order valence-corrected chi connectivity index (χ3v) is 4.36. The fraction of sp³-hybridized carbons (Fsp3) is 0.667. The summed E-state index contributed by atoms with van der Waals surface area (Å²) < 4.78 is 5.57. The van der Waals surface area contributed by atoms with Gasteiger partial charge in [0.05, 0.1) is 0 Å². The number of aliphatic carboxylic acids is 1. The van der Waals surface area contributed by atoms with E-state index in [1.54, 1.807) is 0 Å². The van der Waals surface area contributed by atoms with Crippen LogP contribution in [0.4, 0.5) is 0 Å². The summed E-state index contributed by atoms with van der Waals surface area (Å²) in [7, 11) is 0. The lowest BCUT2D eigenvalue weighted by molar-refractivity contribution is -0.146. The molecule has 0 aromatic heterocycles. The second-order valence-corrected chi connectivity index (χ2v) is 6.07. The topological polar surface area (TPSA) is 63.6 Å². The van der Waals surface area contributed by atoms with E-state index in [9.17, 15) is 9.59 Å². The number of ether oxygens (including phenoxy) is 1. The van der Waals surface area contributed by atoms with Gasteiger partial charge in [0.2, 0.25) is 0 Å². The second-order valence-electron chi connectivity index (χ2n) is 6.07. The molecule has 1 N–H and O–H groups in total. The van der Waals surface area contributed by atoms with Gasteiger partial charge in [0.15, 0.2) is 0 Å². The summed E-state index contributed by atoms with van der Waals surface area (Å²) in [6.45, 7) is 6.93. The molecule has 0 radical (unpaired) electrons. The first-order chi connectivity index (χ1) is 10.5. The molecule has 0 aromatic carbocycles. The number of rotatable bonds is 4. The van der Waals surface area contributed by atoms with Crippen LogP contribution >= 0.6 is 0 Å². The van der Waals surface area contributed by atoms with Crippen molar-refractivity contribution < 1.29 is 19.4 Å². The average Bonchev–Trinajstić information content (AvgIpc) is 2.56. The van der Waals surface area contributed by atoms with Gasteiger partial charge in [-0.05, 0) is 44.4 Å². The molecule has 0 spiro atoms. The summed E-state index contributed by atoms with van der Waals surface area (Å²) in [4.78, 5) is 21.2. The number of carbonyl (C=O) groups is 2. The third kappa shape index (κ3) is 6.92. The first kappa shape index (κ1) is 18.5. The molecule has 0 aliphatic heterocycles. The van der Waals surface area contributed by atoms with Crippen molar-refractivity contribution >= 4 is 11.9 Å². The van der Waals surface area contributed by atoms with E-state index >= 15 is 0 Å². The largest absolute Gasteiger partial charge is 0.478 e. The van der Waals surface area contributed by atoms with Crippen LogP contribution in [0.2, 0.25) is 0 Å². The molecule has 2 rings (SSSR count).